The maximum atomic E-state index is 10.2. The lowest BCUT2D eigenvalue weighted by molar-refractivity contribution is -0.114. The van der Waals surface area contributed by atoms with Gasteiger partial charge in [0.25, 0.3) is 5.91 Å². The zero-order chi connectivity index (χ0) is 5.98. The van der Waals surface area contributed by atoms with Crippen LogP contribution in [0.3, 0.4) is 0 Å². The fourth-order valence-electron chi connectivity index (χ4n) is 0.421. The Labute approximate surface area is 48.0 Å². The van der Waals surface area contributed by atoms with Gasteiger partial charge in [-0.2, -0.15) is 4.99 Å². The first-order chi connectivity index (χ1) is 3.83. The normalized spacial score (nSPS) is 18.1. The Balaban J connectivity index is 2.46. The van der Waals surface area contributed by atoms with Crippen LogP contribution in [0.4, 0.5) is 0 Å². The van der Waals surface area contributed by atoms with E-state index in [-0.39, 0.29) is 5.91 Å². The third kappa shape index (κ3) is 0.857. The molecule has 0 spiro atoms. The molecule has 0 aromatic heterocycles. The molecule has 0 aromatic carbocycles. The summed E-state index contributed by atoms with van der Waals surface area (Å²) >= 11 is 0. The highest BCUT2D eigenvalue weighted by atomic mass is 16.1. The molecule has 0 N–H and O–H groups in total. The van der Waals surface area contributed by atoms with Crippen molar-refractivity contribution in [3.63, 3.8) is 0 Å². The quantitative estimate of drug-likeness (QED) is 0.467. The lowest BCUT2D eigenvalue weighted by Gasteiger charge is -2.02. The van der Waals surface area contributed by atoms with Crippen molar-refractivity contribution in [2.75, 3.05) is 6.54 Å². The monoisotopic (exact) mass is 109 g/mol. The summed E-state index contributed by atoms with van der Waals surface area (Å²) in [5.74, 6) is -0.341. The maximum Gasteiger partial charge on any atom is 0.280 e. The molecule has 3 heteroatoms. The minimum absolute atomic E-state index is 0.341. The van der Waals surface area contributed by atoms with Crippen molar-refractivity contribution in [3.05, 3.63) is 6.54 Å². The topological polar surface area (TPSA) is 32.7 Å². The van der Waals surface area contributed by atoms with E-state index in [2.05, 4.69) is 17.9 Å². The Kier molecular flexibility index (Phi) is 1.28. The number of nitrogens with zero attached hydrogens (tertiary/aromatic N) is 2. The fraction of sp³-hybridized carbons (Fsp3) is 0.400. The molecule has 1 aliphatic rings. The summed E-state index contributed by atoms with van der Waals surface area (Å²) in [5.41, 5.74) is 0. The first kappa shape index (κ1) is 5.28. The van der Waals surface area contributed by atoms with Crippen molar-refractivity contribution in [2.24, 2.45) is 4.99 Å². The number of amides is 1. The first-order valence-electron chi connectivity index (χ1n) is 2.37. The Morgan fingerprint density at radius 1 is 1.88 bits per heavy atom. The zero-order valence-corrected chi connectivity index (χ0v) is 4.51. The standard InChI is InChI=1S/C5H5N2O/c1-2-7-3-5(8)6-4-7/h2H2,1H3. The van der Waals surface area contributed by atoms with Crippen LogP contribution in [0.2, 0.25) is 0 Å². The van der Waals surface area contributed by atoms with Gasteiger partial charge in [-0.25, -0.2) is 0 Å². The molecular weight excluding hydrogens is 104 g/mol. The van der Waals surface area contributed by atoms with Crippen LogP contribution in [-0.2, 0) is 4.79 Å². The molecule has 0 aliphatic carbocycles. The lowest BCUT2D eigenvalue weighted by atomic mass is 10.5. The van der Waals surface area contributed by atoms with E-state index < -0.39 is 0 Å². The second-order valence-electron chi connectivity index (χ2n) is 1.37. The molecule has 3 radical (unpaired) electrons. The van der Waals surface area contributed by atoms with Crippen molar-refractivity contribution in [1.82, 2.24) is 4.90 Å². The lowest BCUT2D eigenvalue weighted by Crippen LogP contribution is -2.14. The molecule has 1 aliphatic heterocycles. The first-order valence-corrected chi connectivity index (χ1v) is 2.37. The summed E-state index contributed by atoms with van der Waals surface area (Å²) in [7, 11) is 0. The minimum Gasteiger partial charge on any atom is -0.334 e. The van der Waals surface area contributed by atoms with E-state index in [1.54, 1.807) is 0 Å². The highest BCUT2D eigenvalue weighted by Crippen LogP contribution is 1.97. The van der Waals surface area contributed by atoms with Crippen LogP contribution >= 0.6 is 0 Å². The Morgan fingerprint density at radius 2 is 2.62 bits per heavy atom. The molecular formula is C5H5N2O. The fourth-order valence-corrected chi connectivity index (χ4v) is 0.421. The van der Waals surface area contributed by atoms with Crippen LogP contribution < -0.4 is 0 Å². The van der Waals surface area contributed by atoms with E-state index in [4.69, 9.17) is 0 Å². The van der Waals surface area contributed by atoms with Crippen LogP contribution in [0.25, 0.3) is 0 Å². The van der Waals surface area contributed by atoms with Gasteiger partial charge in [0.2, 0.25) is 0 Å². The van der Waals surface area contributed by atoms with Crippen LogP contribution in [0.1, 0.15) is 6.92 Å². The van der Waals surface area contributed by atoms with Gasteiger partial charge >= 0.3 is 0 Å². The number of carbonyl (C=O) groups excluding carboxylic acids is 1. The number of hydrogen-bond acceptors (Lipinski definition) is 2. The van der Waals surface area contributed by atoms with Crippen LogP contribution in [-0.4, -0.2) is 23.7 Å². The van der Waals surface area contributed by atoms with Gasteiger partial charge in [0, 0.05) is 6.54 Å². The molecule has 1 amide bonds. The van der Waals surface area contributed by atoms with Gasteiger partial charge in [0.1, 0.15) is 0 Å². The summed E-state index contributed by atoms with van der Waals surface area (Å²) in [4.78, 5) is 15.0. The van der Waals surface area contributed by atoms with Gasteiger partial charge in [-0.15, -0.1) is 0 Å². The van der Waals surface area contributed by atoms with E-state index in [0.29, 0.717) is 6.54 Å². The molecule has 1 rings (SSSR count). The Hall–Kier alpha value is -0.860. The van der Waals surface area contributed by atoms with Crippen LogP contribution in [0.15, 0.2) is 4.99 Å². The molecule has 0 aromatic rings. The highest BCUT2D eigenvalue weighted by molar-refractivity contribution is 5.96. The number of hydrogen-bond donors (Lipinski definition) is 0. The molecule has 0 atom stereocenters. The largest absolute Gasteiger partial charge is 0.334 e. The zero-order valence-electron chi connectivity index (χ0n) is 4.51. The van der Waals surface area contributed by atoms with Gasteiger partial charge in [-0.3, -0.25) is 4.79 Å². The average molecular weight is 109 g/mol. The number of carbonyl (C=O) groups is 1. The summed E-state index contributed by atoms with van der Waals surface area (Å²) in [5, 5.41) is 0. The van der Waals surface area contributed by atoms with Gasteiger partial charge in [-0.05, 0) is 6.92 Å². The SMILES string of the molecule is CCN1[C]C(=O)N=[C]1. The molecule has 0 bridgehead atoms. The van der Waals surface area contributed by atoms with Gasteiger partial charge < -0.3 is 4.90 Å². The molecule has 0 saturated carbocycles. The third-order valence-corrected chi connectivity index (χ3v) is 0.819. The summed E-state index contributed by atoms with van der Waals surface area (Å²) < 4.78 is 0. The van der Waals surface area contributed by atoms with Gasteiger partial charge in [0.05, 0.1) is 0 Å². The molecule has 3 nitrogen and oxygen atoms in total. The van der Waals surface area contributed by atoms with Crippen molar-refractivity contribution in [3.8, 4) is 0 Å². The number of rotatable bonds is 1. The molecule has 0 fully saturated rings. The van der Waals surface area contributed by atoms with Crippen molar-refractivity contribution >= 4 is 12.2 Å². The third-order valence-electron chi connectivity index (χ3n) is 0.819. The Bertz CT molecular complexity index is 130. The summed E-state index contributed by atoms with van der Waals surface area (Å²) in [6, 6.07) is 0. The van der Waals surface area contributed by atoms with Gasteiger partial charge in [-0.1, -0.05) is 0 Å². The van der Waals surface area contributed by atoms with Crippen molar-refractivity contribution < 1.29 is 4.79 Å². The number of aliphatic imine (C=N–C) groups is 1. The average Bonchev–Trinajstić information content (AvgIpc) is 2.14. The smallest absolute Gasteiger partial charge is 0.280 e. The van der Waals surface area contributed by atoms with Crippen LogP contribution in [0.5, 0.6) is 0 Å². The van der Waals surface area contributed by atoms with Crippen molar-refractivity contribution in [2.45, 2.75) is 6.92 Å². The molecule has 8 heavy (non-hydrogen) atoms. The summed E-state index contributed by atoms with van der Waals surface area (Å²) in [6.45, 7) is 5.02. The van der Waals surface area contributed by atoms with E-state index >= 15 is 0 Å². The van der Waals surface area contributed by atoms with Crippen molar-refractivity contribution in [1.29, 1.82) is 0 Å². The van der Waals surface area contributed by atoms with E-state index in [0.717, 1.165) is 0 Å². The minimum atomic E-state index is -0.341. The van der Waals surface area contributed by atoms with E-state index in [1.807, 2.05) is 6.92 Å². The van der Waals surface area contributed by atoms with E-state index in [1.165, 1.54) is 4.90 Å². The number of likely N-dealkylation sites (N-methyl/N-ethyl adjacent to an activating group) is 1. The van der Waals surface area contributed by atoms with E-state index in [9.17, 15) is 4.79 Å². The molecule has 0 saturated heterocycles. The maximum absolute atomic E-state index is 10.2. The molecule has 1 heterocycles. The second kappa shape index (κ2) is 1.94. The molecule has 0 unspecified atom stereocenters. The van der Waals surface area contributed by atoms with Gasteiger partial charge in [0.15, 0.2) is 12.9 Å². The molecule has 41 valence electrons. The second-order valence-corrected chi connectivity index (χ2v) is 1.37. The highest BCUT2D eigenvalue weighted by Gasteiger charge is 2.13. The van der Waals surface area contributed by atoms with Crippen LogP contribution in [0, 0.1) is 6.54 Å². The predicted molar refractivity (Wildman–Crippen MR) is 28.1 cm³/mol. The summed E-state index contributed by atoms with van der Waals surface area (Å²) in [6.07, 6.45) is 2.45. The Morgan fingerprint density at radius 3 is 2.88 bits per heavy atom. The predicted octanol–water partition coefficient (Wildman–Crippen LogP) is -0.207.